The number of benzene rings is 1. The minimum absolute atomic E-state index is 0.119. The predicted octanol–water partition coefficient (Wildman–Crippen LogP) is 3.20. The van der Waals surface area contributed by atoms with E-state index < -0.39 is 0 Å². The number of ketones is 1. The zero-order valence-corrected chi connectivity index (χ0v) is 16.6. The van der Waals surface area contributed by atoms with E-state index in [1.54, 1.807) is 0 Å². The van der Waals surface area contributed by atoms with E-state index in [1.807, 2.05) is 61.8 Å². The van der Waals surface area contributed by atoms with Crippen molar-refractivity contribution in [2.24, 2.45) is 0 Å². The number of para-hydroxylation sites is 1. The SMILES string of the molecule is CC(C(=O)c1c[nH]c2ccccc12)N1CCN(Cc2cn3ccccc3n2)CC1. The molecule has 4 heterocycles. The zero-order chi connectivity index (χ0) is 19.8. The number of imidazole rings is 1. The van der Waals surface area contributed by atoms with Crippen molar-refractivity contribution in [3.63, 3.8) is 0 Å². The van der Waals surface area contributed by atoms with E-state index in [4.69, 9.17) is 4.98 Å². The Hall–Kier alpha value is -2.96. The normalized spacial score (nSPS) is 17.1. The summed E-state index contributed by atoms with van der Waals surface area (Å²) in [6.45, 7) is 6.55. The molecule has 148 valence electrons. The third-order valence-corrected chi connectivity index (χ3v) is 5.99. The van der Waals surface area contributed by atoms with Crippen molar-refractivity contribution in [2.45, 2.75) is 19.5 Å². The Kier molecular flexibility index (Phi) is 4.66. The van der Waals surface area contributed by atoms with Gasteiger partial charge in [-0.05, 0) is 25.1 Å². The molecule has 1 unspecified atom stereocenters. The van der Waals surface area contributed by atoms with Crippen LogP contribution in [0.3, 0.4) is 0 Å². The first-order valence-corrected chi connectivity index (χ1v) is 10.2. The lowest BCUT2D eigenvalue weighted by molar-refractivity contribution is 0.0686. The molecule has 1 fully saturated rings. The van der Waals surface area contributed by atoms with E-state index in [1.165, 1.54) is 0 Å². The first-order chi connectivity index (χ1) is 14.2. The lowest BCUT2D eigenvalue weighted by Crippen LogP contribution is -2.51. The number of Topliss-reactive ketones (excluding diaryl/α,β-unsaturated/α-hetero) is 1. The maximum Gasteiger partial charge on any atom is 0.181 e. The van der Waals surface area contributed by atoms with Crippen molar-refractivity contribution in [3.05, 3.63) is 72.3 Å². The molecule has 1 atom stereocenters. The van der Waals surface area contributed by atoms with Gasteiger partial charge in [0, 0.05) is 67.8 Å². The monoisotopic (exact) mass is 387 g/mol. The van der Waals surface area contributed by atoms with Gasteiger partial charge in [-0.15, -0.1) is 0 Å². The number of nitrogens with one attached hydrogen (secondary N) is 1. The Morgan fingerprint density at radius 1 is 1.10 bits per heavy atom. The van der Waals surface area contributed by atoms with E-state index in [0.717, 1.165) is 60.5 Å². The maximum absolute atomic E-state index is 13.1. The van der Waals surface area contributed by atoms with Crippen LogP contribution in [0.15, 0.2) is 61.1 Å². The molecule has 29 heavy (non-hydrogen) atoms. The maximum atomic E-state index is 13.1. The summed E-state index contributed by atoms with van der Waals surface area (Å²) in [6.07, 6.45) is 5.98. The molecule has 0 aliphatic carbocycles. The number of pyridine rings is 1. The predicted molar refractivity (Wildman–Crippen MR) is 114 cm³/mol. The van der Waals surface area contributed by atoms with Gasteiger partial charge in [-0.1, -0.05) is 24.3 Å². The Bertz CT molecular complexity index is 1120. The Morgan fingerprint density at radius 2 is 1.90 bits per heavy atom. The van der Waals surface area contributed by atoms with Crippen molar-refractivity contribution in [1.82, 2.24) is 24.2 Å². The zero-order valence-electron chi connectivity index (χ0n) is 16.6. The fraction of sp³-hybridized carbons (Fsp3) is 0.304. The van der Waals surface area contributed by atoms with Crippen molar-refractivity contribution in [3.8, 4) is 0 Å². The molecule has 1 saturated heterocycles. The Labute approximate surface area is 169 Å². The van der Waals surface area contributed by atoms with E-state index in [0.29, 0.717) is 0 Å². The first-order valence-electron chi connectivity index (χ1n) is 10.2. The fourth-order valence-electron chi connectivity index (χ4n) is 4.27. The average Bonchev–Trinajstić information content (AvgIpc) is 3.37. The van der Waals surface area contributed by atoms with Crippen molar-refractivity contribution in [2.75, 3.05) is 26.2 Å². The summed E-state index contributed by atoms with van der Waals surface area (Å²) >= 11 is 0. The number of hydrogen-bond acceptors (Lipinski definition) is 4. The summed E-state index contributed by atoms with van der Waals surface area (Å²) in [6, 6.07) is 13.9. The van der Waals surface area contributed by atoms with Gasteiger partial charge in [0.1, 0.15) is 5.65 Å². The number of hydrogen-bond donors (Lipinski definition) is 1. The number of aromatic nitrogens is 3. The molecule has 4 aromatic rings. The summed E-state index contributed by atoms with van der Waals surface area (Å²) in [5.74, 6) is 0.191. The van der Waals surface area contributed by atoms with Crippen LogP contribution in [-0.2, 0) is 6.54 Å². The third-order valence-electron chi connectivity index (χ3n) is 5.99. The highest BCUT2D eigenvalue weighted by Gasteiger charge is 2.27. The minimum atomic E-state index is -0.119. The van der Waals surface area contributed by atoms with Crippen LogP contribution in [0.2, 0.25) is 0 Å². The van der Waals surface area contributed by atoms with Gasteiger partial charge in [-0.3, -0.25) is 14.6 Å². The van der Waals surface area contributed by atoms with E-state index in [9.17, 15) is 4.79 Å². The first kappa shape index (κ1) is 18.1. The van der Waals surface area contributed by atoms with Crippen LogP contribution in [0.25, 0.3) is 16.6 Å². The third kappa shape index (κ3) is 3.45. The van der Waals surface area contributed by atoms with Gasteiger partial charge < -0.3 is 9.38 Å². The summed E-state index contributed by atoms with van der Waals surface area (Å²) < 4.78 is 2.06. The molecule has 0 bridgehead atoms. The highest BCUT2D eigenvalue weighted by Crippen LogP contribution is 2.21. The van der Waals surface area contributed by atoms with Crippen LogP contribution < -0.4 is 0 Å². The summed E-state index contributed by atoms with van der Waals surface area (Å²) in [5, 5.41) is 1.01. The molecule has 6 heteroatoms. The van der Waals surface area contributed by atoms with E-state index in [2.05, 4.69) is 25.4 Å². The van der Waals surface area contributed by atoms with E-state index >= 15 is 0 Å². The molecule has 0 amide bonds. The van der Waals surface area contributed by atoms with Crippen molar-refractivity contribution < 1.29 is 4.79 Å². The number of rotatable bonds is 5. The number of fused-ring (bicyclic) bond motifs is 2. The average molecular weight is 387 g/mol. The highest BCUT2D eigenvalue weighted by atomic mass is 16.1. The largest absolute Gasteiger partial charge is 0.360 e. The molecule has 6 nitrogen and oxygen atoms in total. The number of carbonyl (C=O) groups excluding carboxylic acids is 1. The highest BCUT2D eigenvalue weighted by molar-refractivity contribution is 6.10. The number of carbonyl (C=O) groups is 1. The smallest absolute Gasteiger partial charge is 0.181 e. The number of H-pyrrole nitrogens is 1. The quantitative estimate of drug-likeness (QED) is 0.534. The molecule has 3 aromatic heterocycles. The van der Waals surface area contributed by atoms with E-state index in [-0.39, 0.29) is 11.8 Å². The van der Waals surface area contributed by atoms with Gasteiger partial charge >= 0.3 is 0 Å². The molecule has 1 N–H and O–H groups in total. The molecule has 0 saturated carbocycles. The van der Waals surface area contributed by atoms with Gasteiger partial charge in [-0.25, -0.2) is 4.98 Å². The summed E-state index contributed by atoms with van der Waals surface area (Å²) in [5.41, 5.74) is 3.88. The molecule has 0 spiro atoms. The van der Waals surface area contributed by atoms with Gasteiger partial charge in [0.15, 0.2) is 5.78 Å². The van der Waals surface area contributed by atoms with Crippen LogP contribution in [0.1, 0.15) is 23.0 Å². The van der Waals surface area contributed by atoms with Gasteiger partial charge in [0.2, 0.25) is 0 Å². The molecule has 1 aliphatic rings. The van der Waals surface area contributed by atoms with Crippen molar-refractivity contribution >= 4 is 22.3 Å². The van der Waals surface area contributed by atoms with Crippen LogP contribution in [0.5, 0.6) is 0 Å². The number of nitrogens with zero attached hydrogens (tertiary/aromatic N) is 4. The lowest BCUT2D eigenvalue weighted by atomic mass is 10.0. The molecule has 5 rings (SSSR count). The second-order valence-corrected chi connectivity index (χ2v) is 7.80. The summed E-state index contributed by atoms with van der Waals surface area (Å²) in [4.78, 5) is 25.7. The van der Waals surface area contributed by atoms with Gasteiger partial charge in [-0.2, -0.15) is 0 Å². The van der Waals surface area contributed by atoms with Crippen LogP contribution in [0.4, 0.5) is 0 Å². The fourth-order valence-corrected chi connectivity index (χ4v) is 4.27. The van der Waals surface area contributed by atoms with Crippen molar-refractivity contribution in [1.29, 1.82) is 0 Å². The molecular formula is C23H25N5O. The topological polar surface area (TPSA) is 56.6 Å². The number of piperazine rings is 1. The molecule has 1 aromatic carbocycles. The second kappa shape index (κ2) is 7.46. The molecule has 0 radical (unpaired) electrons. The standard InChI is InChI=1S/C23H25N5O/c1-17(23(29)20-14-24-21-7-3-2-6-19(20)21)27-12-10-26(11-13-27)15-18-16-28-9-5-4-8-22(28)25-18/h2-9,14,16-17,24H,10-13,15H2,1H3. The Morgan fingerprint density at radius 3 is 2.72 bits per heavy atom. The summed E-state index contributed by atoms with van der Waals surface area (Å²) in [7, 11) is 0. The van der Waals surface area contributed by atoms with Crippen LogP contribution in [-0.4, -0.2) is 62.2 Å². The minimum Gasteiger partial charge on any atom is -0.360 e. The second-order valence-electron chi connectivity index (χ2n) is 7.80. The lowest BCUT2D eigenvalue weighted by Gasteiger charge is -2.37. The van der Waals surface area contributed by atoms with Gasteiger partial charge in [0.25, 0.3) is 0 Å². The Balaban J connectivity index is 1.22. The molecule has 1 aliphatic heterocycles. The number of aromatic amines is 1. The molecular weight excluding hydrogens is 362 g/mol. The van der Waals surface area contributed by atoms with Crippen LogP contribution >= 0.6 is 0 Å². The van der Waals surface area contributed by atoms with Gasteiger partial charge in [0.05, 0.1) is 11.7 Å². The van der Waals surface area contributed by atoms with Crippen LogP contribution in [0, 0.1) is 0 Å².